The highest BCUT2D eigenvalue weighted by molar-refractivity contribution is 5.89. The summed E-state index contributed by atoms with van der Waals surface area (Å²) >= 11 is 0. The summed E-state index contributed by atoms with van der Waals surface area (Å²) in [5.41, 5.74) is 0.725. The van der Waals surface area contributed by atoms with Crippen molar-refractivity contribution >= 4 is 11.7 Å². The molecule has 0 fully saturated rings. The number of rotatable bonds is 5. The van der Waals surface area contributed by atoms with E-state index in [9.17, 15) is 9.18 Å². The third-order valence-corrected chi connectivity index (χ3v) is 2.35. The van der Waals surface area contributed by atoms with Crippen LogP contribution in [0.4, 0.5) is 10.1 Å². The maximum absolute atomic E-state index is 13.6. The van der Waals surface area contributed by atoms with Gasteiger partial charge in [-0.05, 0) is 31.0 Å². The molecule has 1 rings (SSSR count). The number of aryl methyl sites for hydroxylation is 1. The van der Waals surface area contributed by atoms with Crippen LogP contribution in [0.3, 0.4) is 0 Å². The SMILES string of the molecule is CCCCNc1cc(C(=O)O)cc(C)c1F. The molecule has 0 spiro atoms. The van der Waals surface area contributed by atoms with E-state index in [1.54, 1.807) is 6.92 Å². The van der Waals surface area contributed by atoms with Crippen LogP contribution in [0.5, 0.6) is 0 Å². The average Bonchev–Trinajstić information content (AvgIpc) is 2.24. The van der Waals surface area contributed by atoms with Crippen LogP contribution in [0.1, 0.15) is 35.7 Å². The van der Waals surface area contributed by atoms with Crippen LogP contribution in [0.25, 0.3) is 0 Å². The molecule has 0 aliphatic rings. The molecular weight excluding hydrogens is 209 g/mol. The van der Waals surface area contributed by atoms with Gasteiger partial charge in [0.05, 0.1) is 11.3 Å². The maximum Gasteiger partial charge on any atom is 0.335 e. The molecule has 0 aliphatic heterocycles. The summed E-state index contributed by atoms with van der Waals surface area (Å²) in [6.07, 6.45) is 1.93. The van der Waals surface area contributed by atoms with Gasteiger partial charge in [0.25, 0.3) is 0 Å². The minimum absolute atomic E-state index is 0.109. The number of hydrogen-bond donors (Lipinski definition) is 2. The quantitative estimate of drug-likeness (QED) is 0.757. The smallest absolute Gasteiger partial charge is 0.335 e. The normalized spacial score (nSPS) is 10.2. The van der Waals surface area contributed by atoms with Gasteiger partial charge in [-0.2, -0.15) is 0 Å². The third-order valence-electron chi connectivity index (χ3n) is 2.35. The molecule has 0 saturated carbocycles. The van der Waals surface area contributed by atoms with Crippen LogP contribution in [0, 0.1) is 12.7 Å². The van der Waals surface area contributed by atoms with Gasteiger partial charge in [0, 0.05) is 6.54 Å². The number of carboxylic acids is 1. The summed E-state index contributed by atoms with van der Waals surface area (Å²) in [7, 11) is 0. The molecule has 0 amide bonds. The van der Waals surface area contributed by atoms with Crippen LogP contribution < -0.4 is 5.32 Å². The fourth-order valence-electron chi connectivity index (χ4n) is 1.42. The average molecular weight is 225 g/mol. The highest BCUT2D eigenvalue weighted by atomic mass is 19.1. The van der Waals surface area contributed by atoms with Crippen LogP contribution in [0.2, 0.25) is 0 Å². The van der Waals surface area contributed by atoms with E-state index < -0.39 is 5.97 Å². The number of unbranched alkanes of at least 4 members (excludes halogenated alkanes) is 1. The van der Waals surface area contributed by atoms with Gasteiger partial charge in [0.2, 0.25) is 0 Å². The van der Waals surface area contributed by atoms with Crippen molar-refractivity contribution in [2.75, 3.05) is 11.9 Å². The zero-order chi connectivity index (χ0) is 12.1. The molecule has 0 radical (unpaired) electrons. The van der Waals surface area contributed by atoms with Gasteiger partial charge in [-0.15, -0.1) is 0 Å². The minimum Gasteiger partial charge on any atom is -0.478 e. The molecule has 88 valence electrons. The summed E-state index contributed by atoms with van der Waals surface area (Å²) < 4.78 is 13.6. The van der Waals surface area contributed by atoms with Gasteiger partial charge in [0.15, 0.2) is 0 Å². The molecule has 16 heavy (non-hydrogen) atoms. The molecule has 0 unspecified atom stereocenters. The fourth-order valence-corrected chi connectivity index (χ4v) is 1.42. The van der Waals surface area contributed by atoms with Crippen LogP contribution in [0.15, 0.2) is 12.1 Å². The number of hydrogen-bond acceptors (Lipinski definition) is 2. The van der Waals surface area contributed by atoms with E-state index in [-0.39, 0.29) is 17.1 Å². The van der Waals surface area contributed by atoms with E-state index in [0.717, 1.165) is 12.8 Å². The highest BCUT2D eigenvalue weighted by Crippen LogP contribution is 2.20. The highest BCUT2D eigenvalue weighted by Gasteiger charge is 2.11. The van der Waals surface area contributed by atoms with Gasteiger partial charge >= 0.3 is 5.97 Å². The van der Waals surface area contributed by atoms with Crippen molar-refractivity contribution in [2.24, 2.45) is 0 Å². The lowest BCUT2D eigenvalue weighted by molar-refractivity contribution is 0.0697. The number of aromatic carboxylic acids is 1. The summed E-state index contributed by atoms with van der Waals surface area (Å²) in [6.45, 7) is 4.25. The third kappa shape index (κ3) is 2.95. The molecule has 3 nitrogen and oxygen atoms in total. The van der Waals surface area contributed by atoms with Gasteiger partial charge in [-0.25, -0.2) is 9.18 Å². The van der Waals surface area contributed by atoms with Crippen molar-refractivity contribution in [3.63, 3.8) is 0 Å². The van der Waals surface area contributed by atoms with Crippen LogP contribution >= 0.6 is 0 Å². The molecule has 4 heteroatoms. The first-order valence-corrected chi connectivity index (χ1v) is 5.33. The fraction of sp³-hybridized carbons (Fsp3) is 0.417. The Morgan fingerprint density at radius 1 is 1.50 bits per heavy atom. The van der Waals surface area contributed by atoms with Crippen molar-refractivity contribution in [1.29, 1.82) is 0 Å². The van der Waals surface area contributed by atoms with Gasteiger partial charge < -0.3 is 10.4 Å². The molecule has 0 aliphatic carbocycles. The molecule has 2 N–H and O–H groups in total. The number of carbonyl (C=O) groups is 1. The van der Waals surface area contributed by atoms with Crippen molar-refractivity contribution in [3.8, 4) is 0 Å². The second kappa shape index (κ2) is 5.49. The van der Waals surface area contributed by atoms with E-state index in [1.165, 1.54) is 12.1 Å². The number of benzene rings is 1. The Kier molecular flexibility index (Phi) is 4.28. The largest absolute Gasteiger partial charge is 0.478 e. The zero-order valence-electron chi connectivity index (χ0n) is 9.51. The van der Waals surface area contributed by atoms with Crippen LogP contribution in [-0.4, -0.2) is 17.6 Å². The van der Waals surface area contributed by atoms with Crippen molar-refractivity contribution in [2.45, 2.75) is 26.7 Å². The maximum atomic E-state index is 13.6. The van der Waals surface area contributed by atoms with E-state index in [0.29, 0.717) is 12.1 Å². The summed E-state index contributed by atoms with van der Waals surface area (Å²) in [4.78, 5) is 10.8. The van der Waals surface area contributed by atoms with E-state index in [4.69, 9.17) is 5.11 Å². The molecule has 0 heterocycles. The summed E-state index contributed by atoms with van der Waals surface area (Å²) in [6, 6.07) is 2.67. The molecule has 0 atom stereocenters. The molecule has 0 bridgehead atoms. The molecule has 1 aromatic rings. The Morgan fingerprint density at radius 2 is 2.19 bits per heavy atom. The first-order valence-electron chi connectivity index (χ1n) is 5.33. The Balaban J connectivity index is 2.93. The minimum atomic E-state index is -1.04. The Morgan fingerprint density at radius 3 is 2.75 bits per heavy atom. The Labute approximate surface area is 94.3 Å². The van der Waals surface area contributed by atoms with Crippen LogP contribution in [-0.2, 0) is 0 Å². The number of halogens is 1. The first kappa shape index (κ1) is 12.5. The monoisotopic (exact) mass is 225 g/mol. The van der Waals surface area contributed by atoms with Gasteiger partial charge in [-0.1, -0.05) is 13.3 Å². The van der Waals surface area contributed by atoms with E-state index in [2.05, 4.69) is 5.32 Å². The molecule has 0 aromatic heterocycles. The summed E-state index contributed by atoms with van der Waals surface area (Å²) in [5, 5.41) is 11.8. The zero-order valence-corrected chi connectivity index (χ0v) is 9.51. The number of carboxylic acid groups (broad SMARTS) is 1. The molecular formula is C12H16FNO2. The van der Waals surface area contributed by atoms with E-state index >= 15 is 0 Å². The lowest BCUT2D eigenvalue weighted by Crippen LogP contribution is -2.06. The second-order valence-corrected chi connectivity index (χ2v) is 3.74. The van der Waals surface area contributed by atoms with Gasteiger partial charge in [0.1, 0.15) is 5.82 Å². The molecule has 0 saturated heterocycles. The summed E-state index contributed by atoms with van der Waals surface area (Å²) in [5.74, 6) is -1.41. The standard InChI is InChI=1S/C12H16FNO2/c1-3-4-5-14-10-7-9(12(15)16)6-8(2)11(10)13/h6-7,14H,3-5H2,1-2H3,(H,15,16). The first-order chi connectivity index (χ1) is 7.56. The molecule has 1 aromatic carbocycles. The Bertz CT molecular complexity index is 391. The van der Waals surface area contributed by atoms with E-state index in [1.807, 2.05) is 6.92 Å². The lowest BCUT2D eigenvalue weighted by atomic mass is 10.1. The lowest BCUT2D eigenvalue weighted by Gasteiger charge is -2.09. The number of anilines is 1. The Hall–Kier alpha value is -1.58. The topological polar surface area (TPSA) is 49.3 Å². The predicted molar refractivity (Wildman–Crippen MR) is 61.5 cm³/mol. The van der Waals surface area contributed by atoms with Crippen molar-refractivity contribution in [1.82, 2.24) is 0 Å². The van der Waals surface area contributed by atoms with Gasteiger partial charge in [-0.3, -0.25) is 0 Å². The number of nitrogens with one attached hydrogen (secondary N) is 1. The second-order valence-electron chi connectivity index (χ2n) is 3.74. The van der Waals surface area contributed by atoms with Crippen molar-refractivity contribution in [3.05, 3.63) is 29.1 Å². The van der Waals surface area contributed by atoms with Crippen molar-refractivity contribution < 1.29 is 14.3 Å². The predicted octanol–water partition coefficient (Wildman–Crippen LogP) is 3.04.